The van der Waals surface area contributed by atoms with E-state index in [2.05, 4.69) is 20.8 Å². The molecule has 2 N–H and O–H groups in total. The lowest BCUT2D eigenvalue weighted by atomic mass is 10.2. The molecule has 1 aromatic heterocycles. The Hall–Kier alpha value is -4.06. The van der Waals surface area contributed by atoms with Crippen molar-refractivity contribution >= 4 is 34.9 Å². The number of rotatable bonds is 7. The van der Waals surface area contributed by atoms with Gasteiger partial charge < -0.3 is 0 Å². The Balaban J connectivity index is 1.84. The first-order valence-electron chi connectivity index (χ1n) is 8.40. The molecular formula is C18H14N6O5S. The molecule has 0 aliphatic rings. The molecule has 0 bridgehead atoms. The largest absolute Gasteiger partial charge is 0.345 e. The molecule has 11 nitrogen and oxygen atoms in total. The van der Waals surface area contributed by atoms with Crippen molar-refractivity contribution in [3.05, 3.63) is 86.2 Å². The Morgan fingerprint density at radius 1 is 1.00 bits per heavy atom. The highest BCUT2D eigenvalue weighted by atomic mass is 32.2. The predicted octanol–water partition coefficient (Wildman–Crippen LogP) is 3.51. The SMILES string of the molecule is Cc1ccc(Sc2ncnc(NNC(=O)c3ccccc3[N+](=O)[O-])c2[N+](=O)[O-])cc1. The number of hydrogen-bond donors (Lipinski definition) is 2. The summed E-state index contributed by atoms with van der Waals surface area (Å²) in [6, 6.07) is 12.7. The van der Waals surface area contributed by atoms with Crippen LogP contribution in [0.15, 0.2) is 64.8 Å². The van der Waals surface area contributed by atoms with Crippen LogP contribution >= 0.6 is 11.8 Å². The van der Waals surface area contributed by atoms with E-state index in [4.69, 9.17) is 0 Å². The lowest BCUT2D eigenvalue weighted by Crippen LogP contribution is -2.30. The van der Waals surface area contributed by atoms with Gasteiger partial charge in [0.25, 0.3) is 11.6 Å². The summed E-state index contributed by atoms with van der Waals surface area (Å²) in [6.07, 6.45) is 1.11. The lowest BCUT2D eigenvalue weighted by molar-refractivity contribution is -0.387. The van der Waals surface area contributed by atoms with Gasteiger partial charge in [0.2, 0.25) is 5.82 Å². The van der Waals surface area contributed by atoms with E-state index in [-0.39, 0.29) is 16.4 Å². The van der Waals surface area contributed by atoms with Crippen molar-refractivity contribution in [3.63, 3.8) is 0 Å². The van der Waals surface area contributed by atoms with Crippen LogP contribution in [0.4, 0.5) is 17.2 Å². The molecule has 0 atom stereocenters. The number of hydrazine groups is 1. The van der Waals surface area contributed by atoms with Gasteiger partial charge in [-0.2, -0.15) is 0 Å². The quantitative estimate of drug-likeness (QED) is 0.328. The summed E-state index contributed by atoms with van der Waals surface area (Å²) < 4.78 is 0. The first-order chi connectivity index (χ1) is 14.4. The number of nitro benzene ring substituents is 1. The Morgan fingerprint density at radius 2 is 1.70 bits per heavy atom. The molecule has 152 valence electrons. The van der Waals surface area contributed by atoms with Gasteiger partial charge in [0, 0.05) is 11.0 Å². The molecule has 2 aromatic carbocycles. The van der Waals surface area contributed by atoms with E-state index in [1.165, 1.54) is 24.3 Å². The van der Waals surface area contributed by atoms with Gasteiger partial charge >= 0.3 is 5.69 Å². The average molecular weight is 426 g/mol. The average Bonchev–Trinajstić information content (AvgIpc) is 2.73. The fraction of sp³-hybridized carbons (Fsp3) is 0.0556. The third kappa shape index (κ3) is 4.67. The Morgan fingerprint density at radius 3 is 2.37 bits per heavy atom. The smallest absolute Gasteiger partial charge is 0.276 e. The number of carbonyl (C=O) groups is 1. The van der Waals surface area contributed by atoms with Crippen LogP contribution in [0.2, 0.25) is 0 Å². The molecule has 3 rings (SSSR count). The predicted molar refractivity (Wildman–Crippen MR) is 108 cm³/mol. The van der Waals surface area contributed by atoms with Crippen LogP contribution in [0.1, 0.15) is 15.9 Å². The Labute approximate surface area is 173 Å². The Kier molecular flexibility index (Phi) is 6.17. The van der Waals surface area contributed by atoms with E-state index in [1.54, 1.807) is 12.1 Å². The number of para-hydroxylation sites is 1. The maximum Gasteiger partial charge on any atom is 0.345 e. The van der Waals surface area contributed by atoms with Crippen LogP contribution in [0.3, 0.4) is 0 Å². The monoisotopic (exact) mass is 426 g/mol. The summed E-state index contributed by atoms with van der Waals surface area (Å²) in [4.78, 5) is 42.2. The molecule has 0 saturated heterocycles. The van der Waals surface area contributed by atoms with Gasteiger partial charge in [0.1, 0.15) is 11.9 Å². The lowest BCUT2D eigenvalue weighted by Gasteiger charge is -2.10. The molecule has 30 heavy (non-hydrogen) atoms. The van der Waals surface area contributed by atoms with Crippen LogP contribution in [-0.2, 0) is 0 Å². The van der Waals surface area contributed by atoms with Crippen LogP contribution in [0.5, 0.6) is 0 Å². The second-order valence-electron chi connectivity index (χ2n) is 5.90. The summed E-state index contributed by atoms with van der Waals surface area (Å²) in [5, 5.41) is 22.8. The van der Waals surface area contributed by atoms with Crippen molar-refractivity contribution in [3.8, 4) is 0 Å². The minimum absolute atomic E-state index is 0.0706. The van der Waals surface area contributed by atoms with E-state index in [9.17, 15) is 25.0 Å². The third-order valence-corrected chi connectivity index (χ3v) is 4.85. The minimum atomic E-state index is -0.844. The summed E-state index contributed by atoms with van der Waals surface area (Å²) in [7, 11) is 0. The molecule has 3 aromatic rings. The molecule has 0 aliphatic heterocycles. The fourth-order valence-corrected chi connectivity index (χ4v) is 3.28. The van der Waals surface area contributed by atoms with E-state index >= 15 is 0 Å². The zero-order chi connectivity index (χ0) is 21.7. The third-order valence-electron chi connectivity index (χ3n) is 3.85. The number of hydrogen-bond acceptors (Lipinski definition) is 9. The number of nitrogens with one attached hydrogen (secondary N) is 2. The van der Waals surface area contributed by atoms with Crippen molar-refractivity contribution in [2.24, 2.45) is 0 Å². The highest BCUT2D eigenvalue weighted by Crippen LogP contribution is 2.36. The molecule has 0 aliphatic carbocycles. The van der Waals surface area contributed by atoms with Crippen LogP contribution in [0.25, 0.3) is 0 Å². The zero-order valence-electron chi connectivity index (χ0n) is 15.4. The van der Waals surface area contributed by atoms with Crippen molar-refractivity contribution in [2.45, 2.75) is 16.8 Å². The molecule has 12 heteroatoms. The maximum atomic E-state index is 12.3. The fourth-order valence-electron chi connectivity index (χ4n) is 2.42. The number of anilines is 1. The van der Waals surface area contributed by atoms with Crippen molar-refractivity contribution in [2.75, 3.05) is 5.43 Å². The molecular weight excluding hydrogens is 412 g/mol. The maximum absolute atomic E-state index is 12.3. The Bertz CT molecular complexity index is 1120. The van der Waals surface area contributed by atoms with Gasteiger partial charge in [-0.05, 0) is 25.1 Å². The van der Waals surface area contributed by atoms with Gasteiger partial charge in [-0.1, -0.05) is 41.6 Å². The van der Waals surface area contributed by atoms with Crippen LogP contribution < -0.4 is 10.9 Å². The van der Waals surface area contributed by atoms with Gasteiger partial charge in [0.05, 0.1) is 9.85 Å². The van der Waals surface area contributed by atoms with Gasteiger partial charge in [-0.15, -0.1) is 0 Å². The molecule has 0 fully saturated rings. The first-order valence-corrected chi connectivity index (χ1v) is 9.22. The molecule has 0 unspecified atom stereocenters. The summed E-state index contributed by atoms with van der Waals surface area (Å²) in [5.74, 6) is -1.10. The second-order valence-corrected chi connectivity index (χ2v) is 6.96. The van der Waals surface area contributed by atoms with Crippen molar-refractivity contribution in [1.82, 2.24) is 15.4 Å². The second kappa shape index (κ2) is 8.96. The molecule has 0 spiro atoms. The van der Waals surface area contributed by atoms with E-state index in [0.717, 1.165) is 28.5 Å². The minimum Gasteiger partial charge on any atom is -0.276 e. The van der Waals surface area contributed by atoms with Crippen molar-refractivity contribution in [1.29, 1.82) is 0 Å². The molecule has 0 radical (unpaired) electrons. The summed E-state index contributed by atoms with van der Waals surface area (Å²) in [5.41, 5.74) is 4.57. The molecule has 1 amide bonds. The van der Waals surface area contributed by atoms with Gasteiger partial charge in [-0.3, -0.25) is 35.9 Å². The standard InChI is InChI=1S/C18H14N6O5S/c1-11-6-8-12(9-7-11)30-18-15(24(28)29)16(19-10-20-18)21-22-17(25)13-4-2-3-5-14(13)23(26)27/h2-10H,1H3,(H,22,25)(H,19,20,21). The number of aromatic nitrogens is 2. The van der Waals surface area contributed by atoms with E-state index in [0.29, 0.717) is 0 Å². The normalized spacial score (nSPS) is 10.3. The number of carbonyl (C=O) groups excluding carboxylic acids is 1. The molecule has 0 saturated carbocycles. The summed E-state index contributed by atoms with van der Waals surface area (Å²) >= 11 is 1.07. The number of benzene rings is 2. The number of aryl methyl sites for hydroxylation is 1. The topological polar surface area (TPSA) is 153 Å². The first kappa shape index (κ1) is 20.7. The van der Waals surface area contributed by atoms with E-state index in [1.807, 2.05) is 19.1 Å². The number of nitrogens with zero attached hydrogens (tertiary/aromatic N) is 4. The number of nitro groups is 2. The highest BCUT2D eigenvalue weighted by molar-refractivity contribution is 7.99. The number of amides is 1. The highest BCUT2D eigenvalue weighted by Gasteiger charge is 2.25. The van der Waals surface area contributed by atoms with Gasteiger partial charge in [0.15, 0.2) is 5.03 Å². The summed E-state index contributed by atoms with van der Waals surface area (Å²) in [6.45, 7) is 1.92. The van der Waals surface area contributed by atoms with Gasteiger partial charge in [-0.25, -0.2) is 9.97 Å². The molecule has 1 heterocycles. The zero-order valence-corrected chi connectivity index (χ0v) is 16.3. The van der Waals surface area contributed by atoms with E-state index < -0.39 is 27.1 Å². The van der Waals surface area contributed by atoms with Crippen LogP contribution in [0, 0.1) is 27.2 Å². The van der Waals surface area contributed by atoms with Crippen molar-refractivity contribution < 1.29 is 14.6 Å². The van der Waals surface area contributed by atoms with Crippen LogP contribution in [-0.4, -0.2) is 25.7 Å².